The SMILES string of the molecule is N#Cc1cc(C(=O)OC2CC3CCC2C3)cs1. The Kier molecular flexibility index (Phi) is 2.64. The van der Waals surface area contributed by atoms with E-state index >= 15 is 0 Å². The van der Waals surface area contributed by atoms with Gasteiger partial charge in [-0.05, 0) is 43.6 Å². The first-order valence-electron chi connectivity index (χ1n) is 5.96. The number of rotatable bonds is 2. The third-order valence-electron chi connectivity index (χ3n) is 3.88. The van der Waals surface area contributed by atoms with Crippen molar-refractivity contribution in [3.05, 3.63) is 21.9 Å². The Hall–Kier alpha value is -1.34. The molecule has 1 aromatic rings. The van der Waals surface area contributed by atoms with Crippen molar-refractivity contribution < 1.29 is 9.53 Å². The first-order chi connectivity index (χ1) is 8.26. The van der Waals surface area contributed by atoms with Crippen molar-refractivity contribution in [2.75, 3.05) is 0 Å². The van der Waals surface area contributed by atoms with Gasteiger partial charge in [0.05, 0.1) is 5.56 Å². The summed E-state index contributed by atoms with van der Waals surface area (Å²) in [5, 5.41) is 10.4. The van der Waals surface area contributed by atoms with Gasteiger partial charge in [0.2, 0.25) is 0 Å². The number of esters is 1. The van der Waals surface area contributed by atoms with Crippen molar-refractivity contribution in [1.29, 1.82) is 5.26 Å². The molecule has 88 valence electrons. The number of hydrogen-bond donors (Lipinski definition) is 0. The van der Waals surface area contributed by atoms with E-state index in [9.17, 15) is 4.79 Å². The summed E-state index contributed by atoms with van der Waals surface area (Å²) in [6, 6.07) is 3.64. The minimum atomic E-state index is -0.264. The zero-order valence-corrected chi connectivity index (χ0v) is 10.2. The first kappa shape index (κ1) is 10.8. The summed E-state index contributed by atoms with van der Waals surface area (Å²) < 4.78 is 5.55. The maximum Gasteiger partial charge on any atom is 0.339 e. The topological polar surface area (TPSA) is 50.1 Å². The number of hydrogen-bond acceptors (Lipinski definition) is 4. The normalized spacial score (nSPS) is 30.2. The lowest BCUT2D eigenvalue weighted by atomic mass is 9.98. The van der Waals surface area contributed by atoms with Crippen LogP contribution in [0.2, 0.25) is 0 Å². The average Bonchev–Trinajstić information content (AvgIpc) is 3.04. The van der Waals surface area contributed by atoms with Crippen LogP contribution in [-0.2, 0) is 4.74 Å². The summed E-state index contributed by atoms with van der Waals surface area (Å²) in [6.45, 7) is 0. The van der Waals surface area contributed by atoms with Gasteiger partial charge in [-0.25, -0.2) is 4.79 Å². The molecule has 3 atom stereocenters. The highest BCUT2D eigenvalue weighted by Crippen LogP contribution is 2.46. The lowest BCUT2D eigenvalue weighted by Gasteiger charge is -2.21. The Morgan fingerprint density at radius 1 is 1.47 bits per heavy atom. The molecule has 0 spiro atoms. The van der Waals surface area contributed by atoms with Crippen molar-refractivity contribution >= 4 is 17.3 Å². The minimum Gasteiger partial charge on any atom is -0.458 e. The van der Waals surface area contributed by atoms with Gasteiger partial charge in [-0.15, -0.1) is 11.3 Å². The molecule has 0 aromatic carbocycles. The van der Waals surface area contributed by atoms with Crippen LogP contribution in [0, 0.1) is 23.2 Å². The summed E-state index contributed by atoms with van der Waals surface area (Å²) in [7, 11) is 0. The lowest BCUT2D eigenvalue weighted by Crippen LogP contribution is -2.23. The Balaban J connectivity index is 1.66. The summed E-state index contributed by atoms with van der Waals surface area (Å²) in [5.41, 5.74) is 0.523. The fourth-order valence-electron chi connectivity index (χ4n) is 3.04. The molecule has 3 rings (SSSR count). The molecule has 0 saturated heterocycles. The molecule has 17 heavy (non-hydrogen) atoms. The number of ether oxygens (including phenoxy) is 1. The molecule has 0 radical (unpaired) electrons. The van der Waals surface area contributed by atoms with E-state index in [0.29, 0.717) is 16.4 Å². The largest absolute Gasteiger partial charge is 0.458 e. The summed E-state index contributed by atoms with van der Waals surface area (Å²) in [6.07, 6.45) is 4.88. The molecular formula is C13H13NO2S. The highest BCUT2D eigenvalue weighted by molar-refractivity contribution is 7.10. The molecule has 0 amide bonds. The smallest absolute Gasteiger partial charge is 0.339 e. The van der Waals surface area contributed by atoms with E-state index in [1.807, 2.05) is 6.07 Å². The number of nitriles is 1. The quantitative estimate of drug-likeness (QED) is 0.755. The molecule has 4 heteroatoms. The van der Waals surface area contributed by atoms with Gasteiger partial charge >= 0.3 is 5.97 Å². The molecule has 2 aliphatic rings. The summed E-state index contributed by atoms with van der Waals surface area (Å²) >= 11 is 1.29. The van der Waals surface area contributed by atoms with Crippen molar-refractivity contribution in [1.82, 2.24) is 0 Å². The molecule has 3 unspecified atom stereocenters. The van der Waals surface area contributed by atoms with E-state index in [1.54, 1.807) is 11.4 Å². The van der Waals surface area contributed by atoms with E-state index in [0.717, 1.165) is 12.3 Å². The van der Waals surface area contributed by atoms with Crippen molar-refractivity contribution in [3.63, 3.8) is 0 Å². The fourth-order valence-corrected chi connectivity index (χ4v) is 3.70. The number of carbonyl (C=O) groups is 1. The second-order valence-electron chi connectivity index (χ2n) is 4.93. The first-order valence-corrected chi connectivity index (χ1v) is 6.84. The Morgan fingerprint density at radius 3 is 2.94 bits per heavy atom. The number of nitrogens with zero attached hydrogens (tertiary/aromatic N) is 1. The highest BCUT2D eigenvalue weighted by atomic mass is 32.1. The van der Waals surface area contributed by atoms with Gasteiger partial charge in [0, 0.05) is 5.38 Å². The van der Waals surface area contributed by atoms with Crippen LogP contribution >= 0.6 is 11.3 Å². The molecule has 2 saturated carbocycles. The van der Waals surface area contributed by atoms with Crippen LogP contribution in [-0.4, -0.2) is 12.1 Å². The molecule has 2 bridgehead atoms. The highest BCUT2D eigenvalue weighted by Gasteiger charge is 2.41. The summed E-state index contributed by atoms with van der Waals surface area (Å²) in [4.78, 5) is 12.4. The van der Waals surface area contributed by atoms with E-state index in [4.69, 9.17) is 10.00 Å². The Labute approximate surface area is 104 Å². The van der Waals surface area contributed by atoms with E-state index < -0.39 is 0 Å². The van der Waals surface area contributed by atoms with Gasteiger partial charge in [0.25, 0.3) is 0 Å². The lowest BCUT2D eigenvalue weighted by molar-refractivity contribution is 0.0159. The second-order valence-corrected chi connectivity index (χ2v) is 5.84. The Bertz CT molecular complexity index is 488. The average molecular weight is 247 g/mol. The molecule has 1 heterocycles. The van der Waals surface area contributed by atoms with Crippen LogP contribution < -0.4 is 0 Å². The summed E-state index contributed by atoms with van der Waals surface area (Å²) in [5.74, 6) is 1.09. The Morgan fingerprint density at radius 2 is 2.35 bits per heavy atom. The monoisotopic (exact) mass is 247 g/mol. The standard InChI is InChI=1S/C13H13NO2S/c14-6-11-5-10(7-17-11)13(15)16-12-4-8-1-2-9(12)3-8/h5,7-9,12H,1-4H2. The predicted molar refractivity (Wildman–Crippen MR) is 63.7 cm³/mol. The molecule has 0 aliphatic heterocycles. The van der Waals surface area contributed by atoms with Crippen LogP contribution in [0.4, 0.5) is 0 Å². The van der Waals surface area contributed by atoms with Crippen LogP contribution in [0.3, 0.4) is 0 Å². The van der Waals surface area contributed by atoms with Crippen LogP contribution in [0.5, 0.6) is 0 Å². The fraction of sp³-hybridized carbons (Fsp3) is 0.538. The minimum absolute atomic E-state index is 0.117. The molecular weight excluding hydrogens is 234 g/mol. The molecule has 2 fully saturated rings. The number of carbonyl (C=O) groups excluding carboxylic acids is 1. The van der Waals surface area contributed by atoms with Crippen molar-refractivity contribution in [3.8, 4) is 6.07 Å². The second kappa shape index (κ2) is 4.15. The molecule has 1 aromatic heterocycles. The van der Waals surface area contributed by atoms with Crippen LogP contribution in [0.1, 0.15) is 40.9 Å². The molecule has 0 N–H and O–H groups in total. The van der Waals surface area contributed by atoms with Crippen LogP contribution in [0.25, 0.3) is 0 Å². The molecule has 2 aliphatic carbocycles. The van der Waals surface area contributed by atoms with Gasteiger partial charge in [-0.1, -0.05) is 0 Å². The van der Waals surface area contributed by atoms with Gasteiger partial charge in [-0.3, -0.25) is 0 Å². The van der Waals surface area contributed by atoms with Crippen molar-refractivity contribution in [2.24, 2.45) is 11.8 Å². The zero-order chi connectivity index (χ0) is 11.8. The van der Waals surface area contributed by atoms with E-state index in [2.05, 4.69) is 0 Å². The van der Waals surface area contributed by atoms with Gasteiger partial charge in [-0.2, -0.15) is 5.26 Å². The van der Waals surface area contributed by atoms with Crippen LogP contribution in [0.15, 0.2) is 11.4 Å². The van der Waals surface area contributed by atoms with E-state index in [-0.39, 0.29) is 12.1 Å². The molecule has 3 nitrogen and oxygen atoms in total. The van der Waals surface area contributed by atoms with E-state index in [1.165, 1.54) is 30.6 Å². The zero-order valence-electron chi connectivity index (χ0n) is 9.39. The number of thiophene rings is 1. The van der Waals surface area contributed by atoms with Crippen molar-refractivity contribution in [2.45, 2.75) is 31.8 Å². The predicted octanol–water partition coefficient (Wildman–Crippen LogP) is 2.97. The van der Waals surface area contributed by atoms with Gasteiger partial charge in [0.1, 0.15) is 17.1 Å². The third kappa shape index (κ3) is 1.96. The maximum atomic E-state index is 11.9. The third-order valence-corrected chi connectivity index (χ3v) is 4.71. The maximum absolute atomic E-state index is 11.9. The van der Waals surface area contributed by atoms with Gasteiger partial charge in [0.15, 0.2) is 0 Å². The van der Waals surface area contributed by atoms with Gasteiger partial charge < -0.3 is 4.74 Å². The number of fused-ring (bicyclic) bond motifs is 2.